The molecule has 12 heavy (non-hydrogen) atoms. The maximum Gasteiger partial charge on any atom is 0.259 e. The van der Waals surface area contributed by atoms with Gasteiger partial charge >= 0.3 is 0 Å². The fourth-order valence-electron chi connectivity index (χ4n) is 1.23. The number of nitrogens with one attached hydrogen (secondary N) is 1. The summed E-state index contributed by atoms with van der Waals surface area (Å²) in [4.78, 5) is 10.6. The molecule has 0 aromatic heterocycles. The van der Waals surface area contributed by atoms with Crippen LogP contribution >= 0.6 is 0 Å². The van der Waals surface area contributed by atoms with E-state index in [1.54, 1.807) is 12.1 Å². The molecule has 0 bridgehead atoms. The lowest BCUT2D eigenvalue weighted by atomic mass is 10.1. The van der Waals surface area contributed by atoms with Crippen molar-refractivity contribution in [1.82, 2.24) is 5.32 Å². The highest BCUT2D eigenvalue weighted by molar-refractivity contribution is 5.95. The lowest BCUT2D eigenvalue weighted by Gasteiger charge is -2.02. The molecule has 1 aliphatic rings. The first-order chi connectivity index (χ1) is 5.74. The van der Waals surface area contributed by atoms with Gasteiger partial charge in [-0.05, 0) is 25.5 Å². The Morgan fingerprint density at radius 1 is 1.75 bits per heavy atom. The number of rotatable bonds is 2. The van der Waals surface area contributed by atoms with Gasteiger partial charge in [-0.2, -0.15) is 5.26 Å². The van der Waals surface area contributed by atoms with Crippen molar-refractivity contribution in [1.29, 1.82) is 5.26 Å². The summed E-state index contributed by atoms with van der Waals surface area (Å²) in [5, 5.41) is 11.7. The number of hydrogen-bond donors (Lipinski definition) is 2. The number of carbonyl (C=O) groups is 1. The second-order valence-electron chi connectivity index (χ2n) is 2.76. The Morgan fingerprint density at radius 3 is 2.92 bits per heavy atom. The van der Waals surface area contributed by atoms with E-state index in [2.05, 4.69) is 5.32 Å². The minimum absolute atomic E-state index is 0.0504. The van der Waals surface area contributed by atoms with Crippen molar-refractivity contribution < 1.29 is 4.79 Å². The van der Waals surface area contributed by atoms with Gasteiger partial charge in [0.15, 0.2) is 0 Å². The lowest BCUT2D eigenvalue weighted by molar-refractivity contribution is -0.114. The summed E-state index contributed by atoms with van der Waals surface area (Å²) in [6.45, 7) is 0.943. The van der Waals surface area contributed by atoms with Crippen LogP contribution in [0.1, 0.15) is 12.8 Å². The van der Waals surface area contributed by atoms with Crippen molar-refractivity contribution in [2.24, 2.45) is 5.73 Å². The molecule has 1 unspecified atom stereocenters. The monoisotopic (exact) mass is 165 g/mol. The second-order valence-corrected chi connectivity index (χ2v) is 2.76. The summed E-state index contributed by atoms with van der Waals surface area (Å²) < 4.78 is 0. The van der Waals surface area contributed by atoms with Crippen LogP contribution in [0.3, 0.4) is 0 Å². The number of nitrogens with two attached hydrogens (primary N) is 1. The van der Waals surface area contributed by atoms with Crippen molar-refractivity contribution in [2.75, 3.05) is 6.54 Å². The number of nitriles is 1. The van der Waals surface area contributed by atoms with Crippen LogP contribution in [0.25, 0.3) is 0 Å². The summed E-state index contributed by atoms with van der Waals surface area (Å²) in [7, 11) is 0. The SMILES string of the molecule is N#C/C(=C/C1CCCN1)C(N)=O. The quantitative estimate of drug-likeness (QED) is 0.434. The molecule has 0 aliphatic carbocycles. The van der Waals surface area contributed by atoms with Crippen molar-refractivity contribution in [3.8, 4) is 6.07 Å². The first kappa shape index (κ1) is 8.75. The Hall–Kier alpha value is -1.34. The molecule has 0 aromatic rings. The van der Waals surface area contributed by atoms with Crippen LogP contribution in [0.2, 0.25) is 0 Å². The third-order valence-electron chi connectivity index (χ3n) is 1.85. The van der Waals surface area contributed by atoms with Gasteiger partial charge in [0, 0.05) is 6.04 Å². The molecule has 64 valence electrons. The van der Waals surface area contributed by atoms with Crippen LogP contribution in [0, 0.1) is 11.3 Å². The summed E-state index contributed by atoms with van der Waals surface area (Å²) in [6, 6.07) is 1.92. The van der Waals surface area contributed by atoms with E-state index >= 15 is 0 Å². The molecular weight excluding hydrogens is 154 g/mol. The van der Waals surface area contributed by atoms with Gasteiger partial charge in [-0.3, -0.25) is 4.79 Å². The fourth-order valence-corrected chi connectivity index (χ4v) is 1.23. The standard InChI is InChI=1S/C8H11N3O/c9-5-6(8(10)12)4-7-2-1-3-11-7/h4,7,11H,1-3H2,(H2,10,12)/b6-4-. The maximum absolute atomic E-state index is 10.6. The Balaban J connectivity index is 2.64. The smallest absolute Gasteiger partial charge is 0.259 e. The van der Waals surface area contributed by atoms with Crippen LogP contribution in [-0.2, 0) is 4.79 Å². The minimum atomic E-state index is -0.647. The van der Waals surface area contributed by atoms with E-state index in [1.165, 1.54) is 0 Å². The van der Waals surface area contributed by atoms with E-state index in [4.69, 9.17) is 11.0 Å². The largest absolute Gasteiger partial charge is 0.365 e. The van der Waals surface area contributed by atoms with Gasteiger partial charge < -0.3 is 11.1 Å². The highest BCUT2D eigenvalue weighted by atomic mass is 16.1. The predicted octanol–water partition coefficient (Wildman–Crippen LogP) is -0.326. The number of carbonyl (C=O) groups excluding carboxylic acids is 1. The highest BCUT2D eigenvalue weighted by Gasteiger charge is 2.13. The number of hydrogen-bond acceptors (Lipinski definition) is 3. The predicted molar refractivity (Wildman–Crippen MR) is 43.9 cm³/mol. The third-order valence-corrected chi connectivity index (χ3v) is 1.85. The first-order valence-corrected chi connectivity index (χ1v) is 3.89. The molecule has 0 radical (unpaired) electrons. The van der Waals surface area contributed by atoms with Crippen LogP contribution < -0.4 is 11.1 Å². The number of nitrogens with zero attached hydrogens (tertiary/aromatic N) is 1. The van der Waals surface area contributed by atoms with E-state index in [0.29, 0.717) is 0 Å². The second kappa shape index (κ2) is 3.88. The highest BCUT2D eigenvalue weighted by Crippen LogP contribution is 2.08. The molecule has 1 aliphatic heterocycles. The average molecular weight is 165 g/mol. The van der Waals surface area contributed by atoms with Crippen molar-refractivity contribution in [2.45, 2.75) is 18.9 Å². The van der Waals surface area contributed by atoms with E-state index in [0.717, 1.165) is 19.4 Å². The minimum Gasteiger partial charge on any atom is -0.365 e. The molecule has 1 fully saturated rings. The molecular formula is C8H11N3O. The van der Waals surface area contributed by atoms with E-state index in [1.807, 2.05) is 0 Å². The van der Waals surface area contributed by atoms with Crippen molar-refractivity contribution in [3.05, 3.63) is 11.6 Å². The van der Waals surface area contributed by atoms with E-state index in [9.17, 15) is 4.79 Å². The van der Waals surface area contributed by atoms with Crippen LogP contribution in [0.15, 0.2) is 11.6 Å². The molecule has 0 aromatic carbocycles. The summed E-state index contributed by atoms with van der Waals surface area (Å²) in [6.07, 6.45) is 3.66. The average Bonchev–Trinajstić information content (AvgIpc) is 2.51. The maximum atomic E-state index is 10.6. The molecule has 0 spiro atoms. The molecule has 4 heteroatoms. The van der Waals surface area contributed by atoms with Gasteiger partial charge in [-0.1, -0.05) is 0 Å². The zero-order valence-electron chi connectivity index (χ0n) is 6.71. The van der Waals surface area contributed by atoms with Gasteiger partial charge in [-0.15, -0.1) is 0 Å². The molecule has 1 heterocycles. The van der Waals surface area contributed by atoms with Gasteiger partial charge in [-0.25, -0.2) is 0 Å². The summed E-state index contributed by atoms with van der Waals surface area (Å²) >= 11 is 0. The zero-order chi connectivity index (χ0) is 8.97. The summed E-state index contributed by atoms with van der Waals surface area (Å²) in [5.74, 6) is -0.647. The van der Waals surface area contributed by atoms with Gasteiger partial charge in [0.2, 0.25) is 0 Å². The Labute approximate surface area is 71.0 Å². The fraction of sp³-hybridized carbons (Fsp3) is 0.500. The molecule has 1 atom stereocenters. The zero-order valence-corrected chi connectivity index (χ0v) is 6.71. The number of primary amides is 1. The molecule has 3 N–H and O–H groups in total. The number of amides is 1. The van der Waals surface area contributed by atoms with Gasteiger partial charge in [0.25, 0.3) is 5.91 Å². The Bertz CT molecular complexity index is 246. The molecule has 1 saturated heterocycles. The van der Waals surface area contributed by atoms with Gasteiger partial charge in [0.05, 0.1) is 0 Å². The molecule has 1 rings (SSSR count). The lowest BCUT2D eigenvalue weighted by Crippen LogP contribution is -2.22. The summed E-state index contributed by atoms with van der Waals surface area (Å²) in [5.41, 5.74) is 5.02. The first-order valence-electron chi connectivity index (χ1n) is 3.89. The van der Waals surface area contributed by atoms with Crippen LogP contribution in [0.4, 0.5) is 0 Å². The third kappa shape index (κ3) is 2.07. The van der Waals surface area contributed by atoms with Gasteiger partial charge in [0.1, 0.15) is 11.6 Å². The Kier molecular flexibility index (Phi) is 2.83. The van der Waals surface area contributed by atoms with Crippen molar-refractivity contribution in [3.63, 3.8) is 0 Å². The van der Waals surface area contributed by atoms with Crippen LogP contribution in [0.5, 0.6) is 0 Å². The van der Waals surface area contributed by atoms with E-state index in [-0.39, 0.29) is 11.6 Å². The Morgan fingerprint density at radius 2 is 2.50 bits per heavy atom. The topological polar surface area (TPSA) is 78.9 Å². The van der Waals surface area contributed by atoms with Crippen molar-refractivity contribution >= 4 is 5.91 Å². The normalized spacial score (nSPS) is 23.6. The van der Waals surface area contributed by atoms with Crippen LogP contribution in [-0.4, -0.2) is 18.5 Å². The molecule has 1 amide bonds. The van der Waals surface area contributed by atoms with E-state index < -0.39 is 5.91 Å². The molecule has 0 saturated carbocycles. The molecule has 4 nitrogen and oxygen atoms in total.